The van der Waals surface area contributed by atoms with Gasteiger partial charge in [-0.25, -0.2) is 0 Å². The Labute approximate surface area is 142 Å². The molecule has 2 atom stereocenters. The molecule has 2 aliphatic rings. The maximum Gasteiger partial charge on any atom is 0.198 e. The lowest BCUT2D eigenvalue weighted by molar-refractivity contribution is 0.306. The molecule has 0 radical (unpaired) electrons. The summed E-state index contributed by atoms with van der Waals surface area (Å²) in [6.45, 7) is 2.86. The van der Waals surface area contributed by atoms with Crippen LogP contribution in [0.15, 0.2) is 53.6 Å². The van der Waals surface area contributed by atoms with Gasteiger partial charge in [0.2, 0.25) is 0 Å². The highest BCUT2D eigenvalue weighted by Crippen LogP contribution is 2.34. The molecule has 24 heavy (non-hydrogen) atoms. The number of nitrogens with one attached hydrogen (secondary N) is 2. The average molecular weight is 344 g/mol. The molecule has 4 rings (SSSR count). The van der Waals surface area contributed by atoms with E-state index in [1.54, 1.807) is 18.3 Å². The summed E-state index contributed by atoms with van der Waals surface area (Å²) >= 11 is 0. The van der Waals surface area contributed by atoms with Crippen LogP contribution >= 0.6 is 0 Å². The molecule has 2 unspecified atom stereocenters. The molecule has 1 aromatic carbocycles. The number of anilines is 1. The van der Waals surface area contributed by atoms with Gasteiger partial charge in [0.1, 0.15) is 0 Å². The molecule has 1 saturated heterocycles. The number of sulfonamides is 1. The number of hydrogen-bond acceptors (Lipinski definition) is 5. The van der Waals surface area contributed by atoms with Gasteiger partial charge in [-0.15, -0.1) is 4.72 Å². The third-order valence-electron chi connectivity index (χ3n) is 4.72. The van der Waals surface area contributed by atoms with E-state index in [-0.39, 0.29) is 5.54 Å². The molecule has 0 amide bonds. The van der Waals surface area contributed by atoms with Crippen LogP contribution in [0.4, 0.5) is 5.69 Å². The lowest BCUT2D eigenvalue weighted by Crippen LogP contribution is -2.49. The minimum atomic E-state index is -3.46. The Morgan fingerprint density at radius 3 is 2.92 bits per heavy atom. The van der Waals surface area contributed by atoms with E-state index in [1.807, 2.05) is 30.3 Å². The van der Waals surface area contributed by atoms with Crippen molar-refractivity contribution >= 4 is 16.1 Å². The number of aromatic nitrogens is 1. The van der Waals surface area contributed by atoms with E-state index in [4.69, 9.17) is 0 Å². The van der Waals surface area contributed by atoms with E-state index in [9.17, 15) is 8.76 Å². The molecule has 2 aliphatic heterocycles. The fraction of sp³-hybridized carbons (Fsp3) is 0.353. The van der Waals surface area contributed by atoms with Crippen LogP contribution in [0.2, 0.25) is 0 Å². The number of nitrogens with zero attached hydrogens (tertiary/aromatic N) is 2. The zero-order valence-electron chi connectivity index (χ0n) is 13.3. The predicted octanol–water partition coefficient (Wildman–Crippen LogP) is 1.65. The molecule has 1 spiro atoms. The van der Waals surface area contributed by atoms with Crippen molar-refractivity contribution in [3.63, 3.8) is 0 Å². The Bertz CT molecular complexity index is 785. The smallest absolute Gasteiger partial charge is 0.198 e. The molecule has 1 fully saturated rings. The van der Waals surface area contributed by atoms with Gasteiger partial charge in [-0.3, -0.25) is 9.88 Å². The maximum atomic E-state index is 12.4. The van der Waals surface area contributed by atoms with Gasteiger partial charge in [0, 0.05) is 25.8 Å². The molecular formula is C17H20N4O2S. The van der Waals surface area contributed by atoms with Crippen LogP contribution in [-0.4, -0.2) is 39.6 Å². The highest BCUT2D eigenvalue weighted by molar-refractivity contribution is 7.96. The van der Waals surface area contributed by atoms with E-state index in [0.717, 1.165) is 31.7 Å². The van der Waals surface area contributed by atoms with Gasteiger partial charge in [-0.2, -0.15) is 0 Å². The first kappa shape index (κ1) is 15.7. The highest BCUT2D eigenvalue weighted by Gasteiger charge is 2.43. The predicted molar refractivity (Wildman–Crippen MR) is 92.0 cm³/mol. The Hall–Kier alpha value is -1.80. The van der Waals surface area contributed by atoms with Gasteiger partial charge in [-0.1, -0.05) is 22.4 Å². The lowest BCUT2D eigenvalue weighted by Gasteiger charge is -2.29. The number of hydrogen-bond donors (Lipinski definition) is 2. The molecule has 126 valence electrons. The summed E-state index contributed by atoms with van der Waals surface area (Å²) in [6, 6.07) is 13.0. The first-order valence-electron chi connectivity index (χ1n) is 8.06. The Balaban J connectivity index is 1.56. The second-order valence-corrected chi connectivity index (χ2v) is 8.24. The molecule has 2 N–H and O–H groups in total. The number of pyridine rings is 1. The minimum absolute atomic E-state index is 0.283. The first-order chi connectivity index (χ1) is 11.6. The van der Waals surface area contributed by atoms with E-state index in [1.165, 1.54) is 0 Å². The fourth-order valence-corrected chi connectivity index (χ4v) is 4.79. The summed E-state index contributed by atoms with van der Waals surface area (Å²) in [6.07, 6.45) is 2.69. The van der Waals surface area contributed by atoms with Gasteiger partial charge in [-0.05, 0) is 30.7 Å². The van der Waals surface area contributed by atoms with Crippen molar-refractivity contribution in [3.8, 4) is 0 Å². The van der Waals surface area contributed by atoms with Crippen molar-refractivity contribution in [2.75, 3.05) is 25.0 Å². The normalized spacial score (nSPS) is 29.9. The number of para-hydroxylation sites is 1. The van der Waals surface area contributed by atoms with Crippen molar-refractivity contribution in [2.24, 2.45) is 0 Å². The van der Waals surface area contributed by atoms with Gasteiger partial charge >= 0.3 is 0 Å². The minimum Gasteiger partial charge on any atom is -0.593 e. The van der Waals surface area contributed by atoms with Gasteiger partial charge in [0.05, 0.1) is 23.5 Å². The fourth-order valence-electron chi connectivity index (χ4n) is 3.51. The van der Waals surface area contributed by atoms with E-state index < -0.39 is 10.4 Å². The van der Waals surface area contributed by atoms with Crippen molar-refractivity contribution in [3.05, 3.63) is 54.4 Å². The van der Waals surface area contributed by atoms with E-state index >= 15 is 0 Å². The monoisotopic (exact) mass is 344 g/mol. The van der Waals surface area contributed by atoms with Gasteiger partial charge in [0.15, 0.2) is 15.3 Å². The molecular weight excluding hydrogens is 324 g/mol. The number of likely N-dealkylation sites (tertiary alicyclic amines) is 1. The molecule has 0 aliphatic carbocycles. The quantitative estimate of drug-likeness (QED) is 0.810. The van der Waals surface area contributed by atoms with Crippen LogP contribution in [0.3, 0.4) is 0 Å². The van der Waals surface area contributed by atoms with Gasteiger partial charge < -0.3 is 9.87 Å². The molecule has 7 heteroatoms. The summed E-state index contributed by atoms with van der Waals surface area (Å²) < 4.78 is 27.6. The van der Waals surface area contributed by atoms with Gasteiger partial charge in [0.25, 0.3) is 0 Å². The SMILES string of the molecule is O=[S+]1([O-])NCC2(CCN(Cc3ccccn3)C2)Nc2ccccc21. The van der Waals surface area contributed by atoms with Crippen molar-refractivity contribution in [2.45, 2.75) is 23.4 Å². The van der Waals surface area contributed by atoms with E-state index in [2.05, 4.69) is 19.9 Å². The van der Waals surface area contributed by atoms with Crippen LogP contribution in [0.5, 0.6) is 0 Å². The Morgan fingerprint density at radius 2 is 2.08 bits per heavy atom. The maximum absolute atomic E-state index is 12.4. The average Bonchev–Trinajstić information content (AvgIpc) is 2.92. The third-order valence-corrected chi connectivity index (χ3v) is 6.18. The second-order valence-electron chi connectivity index (χ2n) is 6.51. The topological polar surface area (TPSA) is 80.3 Å². The van der Waals surface area contributed by atoms with Crippen LogP contribution in [-0.2, 0) is 21.2 Å². The highest BCUT2D eigenvalue weighted by atomic mass is 32.3. The number of benzene rings is 1. The first-order valence-corrected chi connectivity index (χ1v) is 9.54. The van der Waals surface area contributed by atoms with E-state index in [0.29, 0.717) is 17.1 Å². The second kappa shape index (κ2) is 5.93. The van der Waals surface area contributed by atoms with Crippen molar-refractivity contribution < 1.29 is 8.76 Å². The zero-order chi connectivity index (χ0) is 16.6. The zero-order valence-corrected chi connectivity index (χ0v) is 14.1. The van der Waals surface area contributed by atoms with Crippen molar-refractivity contribution in [1.82, 2.24) is 14.6 Å². The number of fused-ring (bicyclic) bond motifs is 1. The molecule has 2 aromatic rings. The Kier molecular flexibility index (Phi) is 3.88. The molecule has 3 heterocycles. The number of rotatable bonds is 2. The summed E-state index contributed by atoms with van der Waals surface area (Å²) in [7, 11) is -3.46. The van der Waals surface area contributed by atoms with Crippen LogP contribution in [0.1, 0.15) is 12.1 Å². The molecule has 0 saturated carbocycles. The summed E-state index contributed by atoms with van der Waals surface area (Å²) in [5.74, 6) is 0. The van der Waals surface area contributed by atoms with Crippen LogP contribution in [0, 0.1) is 0 Å². The Morgan fingerprint density at radius 1 is 1.25 bits per heavy atom. The summed E-state index contributed by atoms with van der Waals surface area (Å²) in [5, 5.41) is 3.50. The van der Waals surface area contributed by atoms with Crippen molar-refractivity contribution in [1.29, 1.82) is 0 Å². The third kappa shape index (κ3) is 2.95. The molecule has 0 bridgehead atoms. The lowest BCUT2D eigenvalue weighted by atomic mass is 9.98. The standard InChI is InChI=1S/C17H20N4O2S/c22-24(23)16-7-2-1-6-15(16)20-17(12-19-24)8-10-21(13-17)11-14-5-3-4-9-18-14/h1-7,9,20H,8,10-13H2,(H-,19,22,23). The summed E-state index contributed by atoms with van der Waals surface area (Å²) in [5.41, 5.74) is 1.43. The largest absolute Gasteiger partial charge is 0.593 e. The molecule has 6 nitrogen and oxygen atoms in total. The van der Waals surface area contributed by atoms with Crippen LogP contribution in [0.25, 0.3) is 0 Å². The molecule has 1 aromatic heterocycles. The summed E-state index contributed by atoms with van der Waals surface area (Å²) in [4.78, 5) is 7.02. The van der Waals surface area contributed by atoms with Crippen LogP contribution < -0.4 is 10.0 Å².